The van der Waals surface area contributed by atoms with Gasteiger partial charge in [0.15, 0.2) is 6.40 Å². The number of hydrogen-bond donors (Lipinski definition) is 3. The molecule has 0 aliphatic rings. The molecule has 0 aliphatic heterocycles. The van der Waals surface area contributed by atoms with Crippen LogP contribution in [0.1, 0.15) is 239 Å². The summed E-state index contributed by atoms with van der Waals surface area (Å²) in [5.41, 5.74) is -0.583. The second-order valence-corrected chi connectivity index (χ2v) is 19.4. The Hall–Kier alpha value is -1.38. The number of carboxylic acids is 1. The van der Waals surface area contributed by atoms with Gasteiger partial charge >= 0.3 is 5.97 Å². The summed E-state index contributed by atoms with van der Waals surface area (Å²) in [6.45, 7) is 15.2. The van der Waals surface area contributed by atoms with Gasteiger partial charge in [0, 0.05) is 39.6 Å². The molecule has 0 saturated heterocycles. The van der Waals surface area contributed by atoms with Crippen LogP contribution in [0, 0.1) is 5.41 Å². The quantitative estimate of drug-likeness (QED) is 0.0232. The average molecular weight is 973 g/mol. The maximum Gasteiger partial charge on any atom is 0.305 e. The molecule has 0 rings (SSSR count). The molecule has 0 spiro atoms. The molecular formula is C56H113N3O9. The molecule has 0 amide bonds. The summed E-state index contributed by atoms with van der Waals surface area (Å²) in [6, 6.07) is 0. The second kappa shape index (κ2) is 58.2. The lowest BCUT2D eigenvalue weighted by Crippen LogP contribution is -2.42. The summed E-state index contributed by atoms with van der Waals surface area (Å²) in [5.74, 6) is -0.885. The zero-order valence-electron chi connectivity index (χ0n) is 45.1. The summed E-state index contributed by atoms with van der Waals surface area (Å²) in [6.07, 6.45) is 44.8. The average Bonchev–Trinajstić information content (AvgIpc) is 3.34. The zero-order valence-corrected chi connectivity index (χ0v) is 45.1. The number of ether oxygens (including phenoxy) is 7. The van der Waals surface area contributed by atoms with Crippen LogP contribution in [0.15, 0.2) is 4.99 Å². The standard InChI is InChI=1S/C56H113N3O9/c1-4-7-9-11-13-15-17-19-21-23-25-27-29-31-33-42-67-53-58-40-36-45-64-49-56(51-66-47-38-55(60)61,48-63-44-35-39-57-52-62-6-3)50-65-46-37-41-59-54-68-43-34-32-30-28-26-24-22-20-18-16-14-12-10-8-5-2/h52,58-59H,4-51,53-54H2,1-3H3,(H,60,61)/b57-52+. The summed E-state index contributed by atoms with van der Waals surface area (Å²) in [7, 11) is 0. The Morgan fingerprint density at radius 2 is 0.750 bits per heavy atom. The Balaban J connectivity index is 4.33. The van der Waals surface area contributed by atoms with Gasteiger partial charge in [0.1, 0.15) is 0 Å². The summed E-state index contributed by atoms with van der Waals surface area (Å²) >= 11 is 0. The molecule has 0 aromatic rings. The maximum absolute atomic E-state index is 11.2. The SMILES string of the molecule is CCCCCCCCCCCCCCCCCOCNCCCOCC(COCCC/N=C/OCC)(COCCCNCOCCCCCCCCCCCCCCCCC)COCCC(=O)O. The van der Waals surface area contributed by atoms with Crippen LogP contribution in [0.25, 0.3) is 0 Å². The van der Waals surface area contributed by atoms with Crippen LogP contribution < -0.4 is 10.6 Å². The van der Waals surface area contributed by atoms with Gasteiger partial charge in [-0.25, -0.2) is 0 Å². The van der Waals surface area contributed by atoms with Crippen LogP contribution in [0.2, 0.25) is 0 Å². The number of rotatable bonds is 61. The first-order valence-corrected chi connectivity index (χ1v) is 28.8. The highest BCUT2D eigenvalue weighted by Crippen LogP contribution is 2.22. The number of hydrogen-bond acceptors (Lipinski definition) is 11. The van der Waals surface area contributed by atoms with Gasteiger partial charge in [0.05, 0.1) is 64.9 Å². The van der Waals surface area contributed by atoms with Crippen molar-refractivity contribution in [3.05, 3.63) is 0 Å². The number of carboxylic acid groups (broad SMARTS) is 1. The van der Waals surface area contributed by atoms with Crippen molar-refractivity contribution in [1.82, 2.24) is 10.6 Å². The van der Waals surface area contributed by atoms with E-state index in [1.807, 2.05) is 6.92 Å². The fourth-order valence-electron chi connectivity index (χ4n) is 8.18. The van der Waals surface area contributed by atoms with E-state index in [9.17, 15) is 9.90 Å². The number of carbonyl (C=O) groups is 1. The van der Waals surface area contributed by atoms with E-state index in [0.717, 1.165) is 58.4 Å². The molecule has 0 aromatic heterocycles. The molecule has 0 aromatic carbocycles. The summed E-state index contributed by atoms with van der Waals surface area (Å²) in [4.78, 5) is 15.5. The van der Waals surface area contributed by atoms with Crippen LogP contribution in [0.4, 0.5) is 0 Å². The molecule has 0 saturated carbocycles. The molecule has 68 heavy (non-hydrogen) atoms. The van der Waals surface area contributed by atoms with Crippen LogP contribution in [-0.2, 0) is 38.0 Å². The van der Waals surface area contributed by atoms with Crippen LogP contribution >= 0.6 is 0 Å². The smallest absolute Gasteiger partial charge is 0.305 e. The van der Waals surface area contributed by atoms with Crippen molar-refractivity contribution in [3.8, 4) is 0 Å². The van der Waals surface area contributed by atoms with Crippen molar-refractivity contribution >= 4 is 12.4 Å². The predicted octanol–water partition coefficient (Wildman–Crippen LogP) is 13.6. The fourth-order valence-corrected chi connectivity index (χ4v) is 8.18. The lowest BCUT2D eigenvalue weighted by Gasteiger charge is -2.33. The first-order chi connectivity index (χ1) is 33.6. The number of nitrogens with one attached hydrogen (secondary N) is 2. The lowest BCUT2D eigenvalue weighted by atomic mass is 9.92. The summed E-state index contributed by atoms with van der Waals surface area (Å²) in [5, 5.41) is 16.0. The van der Waals surface area contributed by atoms with Gasteiger partial charge in [-0.15, -0.1) is 0 Å². The number of aliphatic carboxylic acids is 1. The van der Waals surface area contributed by atoms with Gasteiger partial charge in [0.25, 0.3) is 0 Å². The maximum atomic E-state index is 11.2. The van der Waals surface area contributed by atoms with E-state index in [0.29, 0.717) is 66.3 Å². The van der Waals surface area contributed by atoms with Crippen molar-refractivity contribution in [3.63, 3.8) is 0 Å². The van der Waals surface area contributed by atoms with E-state index in [-0.39, 0.29) is 19.6 Å². The summed E-state index contributed by atoms with van der Waals surface area (Å²) < 4.78 is 41.4. The van der Waals surface area contributed by atoms with Crippen LogP contribution in [0.3, 0.4) is 0 Å². The molecule has 12 heteroatoms. The first-order valence-electron chi connectivity index (χ1n) is 28.8. The van der Waals surface area contributed by atoms with E-state index in [1.165, 1.54) is 186 Å². The molecule has 0 aliphatic carbocycles. The van der Waals surface area contributed by atoms with Crippen molar-refractivity contribution in [2.75, 3.05) is 106 Å². The van der Waals surface area contributed by atoms with E-state index in [4.69, 9.17) is 33.2 Å². The highest BCUT2D eigenvalue weighted by molar-refractivity contribution is 5.66. The van der Waals surface area contributed by atoms with Gasteiger partial charge in [-0.05, 0) is 52.1 Å². The zero-order chi connectivity index (χ0) is 49.2. The monoisotopic (exact) mass is 972 g/mol. The van der Waals surface area contributed by atoms with Crippen LogP contribution in [-0.4, -0.2) is 123 Å². The van der Waals surface area contributed by atoms with E-state index in [2.05, 4.69) is 29.5 Å². The first kappa shape index (κ1) is 66.6. The van der Waals surface area contributed by atoms with E-state index < -0.39 is 11.4 Å². The Labute approximate surface area is 420 Å². The lowest BCUT2D eigenvalue weighted by molar-refractivity contribution is -0.140. The third kappa shape index (κ3) is 54.0. The number of nitrogens with zero attached hydrogens (tertiary/aromatic N) is 1. The number of aliphatic imine (C=N–C) groups is 1. The molecular weight excluding hydrogens is 859 g/mol. The molecule has 0 bridgehead atoms. The van der Waals surface area contributed by atoms with Gasteiger partial charge in [-0.2, -0.15) is 0 Å². The van der Waals surface area contributed by atoms with Crippen molar-refractivity contribution in [2.45, 2.75) is 239 Å². The minimum atomic E-state index is -0.885. The molecule has 0 atom stereocenters. The molecule has 0 fully saturated rings. The predicted molar refractivity (Wildman–Crippen MR) is 284 cm³/mol. The Morgan fingerprint density at radius 3 is 1.10 bits per heavy atom. The highest BCUT2D eigenvalue weighted by atomic mass is 16.5. The van der Waals surface area contributed by atoms with E-state index >= 15 is 0 Å². The largest absolute Gasteiger partial charge is 0.484 e. The third-order valence-electron chi connectivity index (χ3n) is 12.5. The molecule has 406 valence electrons. The van der Waals surface area contributed by atoms with Gasteiger partial charge in [-0.3, -0.25) is 20.4 Å². The molecule has 0 unspecified atom stereocenters. The minimum absolute atomic E-state index is 0.0587. The van der Waals surface area contributed by atoms with Gasteiger partial charge in [-0.1, -0.05) is 194 Å². The van der Waals surface area contributed by atoms with Crippen molar-refractivity contribution in [2.24, 2.45) is 10.4 Å². The van der Waals surface area contributed by atoms with Gasteiger partial charge < -0.3 is 38.3 Å². The van der Waals surface area contributed by atoms with Crippen molar-refractivity contribution in [1.29, 1.82) is 0 Å². The minimum Gasteiger partial charge on any atom is -0.484 e. The van der Waals surface area contributed by atoms with Crippen molar-refractivity contribution < 1.29 is 43.1 Å². The number of unbranched alkanes of at least 4 members (excludes halogenated alkanes) is 28. The van der Waals surface area contributed by atoms with Gasteiger partial charge in [0.2, 0.25) is 0 Å². The third-order valence-corrected chi connectivity index (χ3v) is 12.5. The normalized spacial score (nSPS) is 12.0. The highest BCUT2D eigenvalue weighted by Gasteiger charge is 2.32. The topological polar surface area (TPSA) is 138 Å². The molecule has 12 nitrogen and oxygen atoms in total. The molecule has 0 heterocycles. The fraction of sp³-hybridized carbons (Fsp3) is 0.964. The molecule has 3 N–H and O–H groups in total. The second-order valence-electron chi connectivity index (χ2n) is 19.4. The Bertz CT molecular complexity index is 945. The van der Waals surface area contributed by atoms with Crippen LogP contribution in [0.5, 0.6) is 0 Å². The Morgan fingerprint density at radius 1 is 0.426 bits per heavy atom. The molecule has 0 radical (unpaired) electrons. The van der Waals surface area contributed by atoms with E-state index in [1.54, 1.807) is 0 Å². The Kier molecular flexibility index (Phi) is 57.0.